The summed E-state index contributed by atoms with van der Waals surface area (Å²) in [6.07, 6.45) is 0. The summed E-state index contributed by atoms with van der Waals surface area (Å²) in [5, 5.41) is 3.15. The first-order chi connectivity index (χ1) is 7.08. The van der Waals surface area contributed by atoms with E-state index in [9.17, 15) is 4.79 Å². The molecule has 6 heteroatoms. The van der Waals surface area contributed by atoms with Crippen LogP contribution in [0.4, 0.5) is 4.79 Å². The predicted octanol–water partition coefficient (Wildman–Crippen LogP) is 2.22. The van der Waals surface area contributed by atoms with Crippen LogP contribution >= 0.6 is 27.5 Å². The molecule has 0 radical (unpaired) electrons. The van der Waals surface area contributed by atoms with Crippen LogP contribution in [0.3, 0.4) is 0 Å². The van der Waals surface area contributed by atoms with E-state index in [-0.39, 0.29) is 5.84 Å². The lowest BCUT2D eigenvalue weighted by Crippen LogP contribution is -2.28. The van der Waals surface area contributed by atoms with Gasteiger partial charge in [-0.3, -0.25) is 0 Å². The Morgan fingerprint density at radius 1 is 1.53 bits per heavy atom. The van der Waals surface area contributed by atoms with Gasteiger partial charge in [0, 0.05) is 15.1 Å². The minimum Gasteiger partial charge on any atom is -0.385 e. The van der Waals surface area contributed by atoms with Crippen LogP contribution in [0.2, 0.25) is 5.02 Å². The van der Waals surface area contributed by atoms with Crippen molar-refractivity contribution in [2.75, 3.05) is 0 Å². The number of aliphatic imine (C=N–C) groups is 1. The van der Waals surface area contributed by atoms with Gasteiger partial charge in [-0.1, -0.05) is 33.6 Å². The maximum absolute atomic E-state index is 11.0. The number of nitrogens with two attached hydrogens (primary N) is 1. The van der Waals surface area contributed by atoms with Crippen molar-refractivity contribution in [1.82, 2.24) is 5.32 Å². The summed E-state index contributed by atoms with van der Waals surface area (Å²) < 4.78 is 0.871. The summed E-state index contributed by atoms with van der Waals surface area (Å²) in [4.78, 5) is 14.6. The van der Waals surface area contributed by atoms with Gasteiger partial charge >= 0.3 is 6.03 Å². The molecule has 1 aromatic rings. The molecule has 0 saturated heterocycles. The van der Waals surface area contributed by atoms with Gasteiger partial charge in [-0.25, -0.2) is 4.79 Å². The number of carbonyl (C=O) groups excluding carboxylic acids is 1. The first-order valence-electron chi connectivity index (χ1n) is 4.17. The fraction of sp³-hybridized carbons (Fsp3) is 0.111. The Hall–Kier alpha value is -1.07. The molecular weight excluding hydrogens is 281 g/mol. The van der Waals surface area contributed by atoms with Crippen molar-refractivity contribution in [1.29, 1.82) is 0 Å². The van der Waals surface area contributed by atoms with Gasteiger partial charge in [-0.2, -0.15) is 4.99 Å². The van der Waals surface area contributed by atoms with Gasteiger partial charge in [0.1, 0.15) is 11.9 Å². The molecule has 2 amide bonds. The summed E-state index contributed by atoms with van der Waals surface area (Å²) in [5.41, 5.74) is 6.35. The van der Waals surface area contributed by atoms with Crippen LogP contribution in [0.15, 0.2) is 27.7 Å². The quantitative estimate of drug-likeness (QED) is 0.832. The van der Waals surface area contributed by atoms with Crippen molar-refractivity contribution in [2.45, 2.75) is 6.04 Å². The number of hydrogen-bond acceptors (Lipinski definition) is 2. The highest BCUT2D eigenvalue weighted by Crippen LogP contribution is 2.28. The number of benzene rings is 1. The summed E-state index contributed by atoms with van der Waals surface area (Å²) in [7, 11) is 0. The van der Waals surface area contributed by atoms with E-state index in [1.165, 1.54) is 0 Å². The standard InChI is InChI=1S/C9H7BrClN3O/c10-4-1-2-5(6(11)3-4)7-8(12)14-9(15)13-7/h1-3,7H,(H3,12,13,14,15). The molecule has 0 fully saturated rings. The van der Waals surface area contributed by atoms with Crippen LogP contribution in [0.5, 0.6) is 0 Å². The summed E-state index contributed by atoms with van der Waals surface area (Å²) in [5.74, 6) is 0.240. The lowest BCUT2D eigenvalue weighted by atomic mass is 10.1. The predicted molar refractivity (Wildman–Crippen MR) is 62.0 cm³/mol. The fourth-order valence-electron chi connectivity index (χ4n) is 1.38. The smallest absolute Gasteiger partial charge is 0.343 e. The van der Waals surface area contributed by atoms with Gasteiger partial charge in [0.2, 0.25) is 0 Å². The molecule has 1 aromatic carbocycles. The molecule has 2 rings (SSSR count). The number of amides is 2. The maximum atomic E-state index is 11.0. The highest BCUT2D eigenvalue weighted by Gasteiger charge is 2.26. The summed E-state index contributed by atoms with van der Waals surface area (Å²) in [6.45, 7) is 0. The molecule has 0 bridgehead atoms. The molecule has 15 heavy (non-hydrogen) atoms. The molecule has 0 spiro atoms. The number of rotatable bonds is 1. The average Bonchev–Trinajstić information content (AvgIpc) is 2.45. The van der Waals surface area contributed by atoms with Gasteiger partial charge in [-0.05, 0) is 12.1 Å². The number of carbonyl (C=O) groups is 1. The largest absolute Gasteiger partial charge is 0.385 e. The van der Waals surface area contributed by atoms with Crippen LogP contribution in [-0.4, -0.2) is 11.9 Å². The van der Waals surface area contributed by atoms with Gasteiger partial charge in [0.05, 0.1) is 0 Å². The topological polar surface area (TPSA) is 67.5 Å². The number of nitrogens with one attached hydrogen (secondary N) is 1. The van der Waals surface area contributed by atoms with E-state index in [2.05, 4.69) is 26.2 Å². The first-order valence-corrected chi connectivity index (χ1v) is 5.34. The van der Waals surface area contributed by atoms with Crippen LogP contribution in [0.25, 0.3) is 0 Å². The lowest BCUT2D eigenvalue weighted by molar-refractivity contribution is 0.250. The Balaban J connectivity index is 2.39. The van der Waals surface area contributed by atoms with E-state index in [0.29, 0.717) is 5.02 Å². The van der Waals surface area contributed by atoms with Crippen molar-refractivity contribution in [2.24, 2.45) is 10.7 Å². The van der Waals surface area contributed by atoms with Crippen LogP contribution in [-0.2, 0) is 0 Å². The van der Waals surface area contributed by atoms with Crippen molar-refractivity contribution >= 4 is 39.4 Å². The van der Waals surface area contributed by atoms with Crippen LogP contribution < -0.4 is 11.1 Å². The van der Waals surface area contributed by atoms with Crippen LogP contribution in [0.1, 0.15) is 11.6 Å². The molecule has 1 aliphatic rings. The van der Waals surface area contributed by atoms with Gasteiger partial charge in [-0.15, -0.1) is 0 Å². The summed E-state index contributed by atoms with van der Waals surface area (Å²) in [6, 6.07) is 4.52. The SMILES string of the molecule is NC1=NC(=O)NC1c1ccc(Br)cc1Cl. The van der Waals surface area contributed by atoms with Crippen molar-refractivity contribution in [3.8, 4) is 0 Å². The van der Waals surface area contributed by atoms with Gasteiger partial charge < -0.3 is 11.1 Å². The molecule has 0 aliphatic carbocycles. The Labute approximate surface area is 99.6 Å². The van der Waals surface area contributed by atoms with E-state index in [4.69, 9.17) is 17.3 Å². The average molecular weight is 289 g/mol. The Kier molecular flexibility index (Phi) is 2.67. The molecule has 1 unspecified atom stereocenters. The Morgan fingerprint density at radius 2 is 2.27 bits per heavy atom. The third kappa shape index (κ3) is 1.98. The number of urea groups is 1. The minimum absolute atomic E-state index is 0.240. The third-order valence-corrected chi connectivity index (χ3v) is 2.89. The van der Waals surface area contributed by atoms with E-state index in [1.54, 1.807) is 12.1 Å². The zero-order valence-electron chi connectivity index (χ0n) is 7.50. The summed E-state index contributed by atoms with van der Waals surface area (Å²) >= 11 is 9.33. The minimum atomic E-state index is -0.434. The first kappa shape index (κ1) is 10.4. The van der Waals surface area contributed by atoms with Gasteiger partial charge in [0.25, 0.3) is 0 Å². The van der Waals surface area contributed by atoms with Crippen molar-refractivity contribution < 1.29 is 4.79 Å². The fourth-order valence-corrected chi connectivity index (χ4v) is 2.17. The molecule has 1 atom stereocenters. The zero-order chi connectivity index (χ0) is 11.0. The zero-order valence-corrected chi connectivity index (χ0v) is 9.84. The number of nitrogens with zero attached hydrogens (tertiary/aromatic N) is 1. The van der Waals surface area contributed by atoms with Crippen LogP contribution in [0, 0.1) is 0 Å². The lowest BCUT2D eigenvalue weighted by Gasteiger charge is -2.12. The number of amidine groups is 1. The molecular formula is C9H7BrClN3O. The number of hydrogen-bond donors (Lipinski definition) is 2. The highest BCUT2D eigenvalue weighted by atomic mass is 79.9. The second kappa shape index (κ2) is 3.83. The maximum Gasteiger partial charge on any atom is 0.343 e. The normalized spacial score (nSPS) is 20.0. The monoisotopic (exact) mass is 287 g/mol. The van der Waals surface area contributed by atoms with E-state index >= 15 is 0 Å². The van der Waals surface area contributed by atoms with Crippen molar-refractivity contribution in [3.63, 3.8) is 0 Å². The van der Waals surface area contributed by atoms with E-state index in [0.717, 1.165) is 10.0 Å². The molecule has 1 aliphatic heterocycles. The molecule has 78 valence electrons. The second-order valence-electron chi connectivity index (χ2n) is 3.09. The molecule has 0 saturated carbocycles. The molecule has 3 N–H and O–H groups in total. The molecule has 0 aromatic heterocycles. The van der Waals surface area contributed by atoms with E-state index < -0.39 is 12.1 Å². The Morgan fingerprint density at radius 3 is 2.80 bits per heavy atom. The Bertz CT molecular complexity index is 461. The van der Waals surface area contributed by atoms with E-state index in [1.807, 2.05) is 6.07 Å². The van der Waals surface area contributed by atoms with Crippen molar-refractivity contribution in [3.05, 3.63) is 33.3 Å². The van der Waals surface area contributed by atoms with Gasteiger partial charge in [0.15, 0.2) is 0 Å². The third-order valence-electron chi connectivity index (χ3n) is 2.07. The number of halogens is 2. The second-order valence-corrected chi connectivity index (χ2v) is 4.41. The molecule has 4 nitrogen and oxygen atoms in total. The molecule has 1 heterocycles. The highest BCUT2D eigenvalue weighted by molar-refractivity contribution is 9.10.